The third kappa shape index (κ3) is 5.47. The maximum Gasteiger partial charge on any atom is 0.339 e. The number of ether oxygens (including phenoxy) is 3. The van der Waals surface area contributed by atoms with E-state index in [1.165, 1.54) is 31.4 Å². The first-order valence-electron chi connectivity index (χ1n) is 8.80. The summed E-state index contributed by atoms with van der Waals surface area (Å²) >= 11 is 1.22. The van der Waals surface area contributed by atoms with Crippen LogP contribution in [0.25, 0.3) is 0 Å². The molecule has 8 heteroatoms. The van der Waals surface area contributed by atoms with Crippen molar-refractivity contribution >= 4 is 28.2 Å². The van der Waals surface area contributed by atoms with Crippen molar-refractivity contribution in [3.63, 3.8) is 0 Å². The molecular weight excluding hydrogens is 380 g/mol. The Morgan fingerprint density at radius 2 is 2.07 bits per heavy atom. The Morgan fingerprint density at radius 1 is 1.29 bits per heavy atom. The summed E-state index contributed by atoms with van der Waals surface area (Å²) in [6, 6.07) is 8.30. The molecule has 0 saturated heterocycles. The maximum atomic E-state index is 12.4. The number of hydrogen-bond donors (Lipinski definition) is 1. The number of nitriles is 1. The molecule has 7 nitrogen and oxygen atoms in total. The van der Waals surface area contributed by atoms with E-state index >= 15 is 0 Å². The molecular formula is C20H22N2O5S. The van der Waals surface area contributed by atoms with E-state index in [0.717, 1.165) is 12.8 Å². The second kappa shape index (κ2) is 10.3. The molecule has 0 saturated carbocycles. The molecule has 0 aliphatic carbocycles. The number of esters is 1. The van der Waals surface area contributed by atoms with Crippen LogP contribution in [-0.2, 0) is 9.53 Å². The van der Waals surface area contributed by atoms with Crippen molar-refractivity contribution in [3.8, 4) is 17.6 Å². The Labute approximate surface area is 167 Å². The minimum absolute atomic E-state index is 0.244. The van der Waals surface area contributed by atoms with Gasteiger partial charge in [-0.25, -0.2) is 4.79 Å². The monoisotopic (exact) mass is 402 g/mol. The van der Waals surface area contributed by atoms with Crippen molar-refractivity contribution in [3.05, 3.63) is 40.8 Å². The predicted molar refractivity (Wildman–Crippen MR) is 106 cm³/mol. The number of carbonyl (C=O) groups is 2. The van der Waals surface area contributed by atoms with Crippen LogP contribution in [0, 0.1) is 11.3 Å². The SMILES string of the molecule is CCCCOc1ccc(C(=O)OC(C)C(=O)Nc2sccc2C#N)cc1OC. The van der Waals surface area contributed by atoms with Gasteiger partial charge in [-0.3, -0.25) is 4.79 Å². The van der Waals surface area contributed by atoms with E-state index in [2.05, 4.69) is 12.2 Å². The van der Waals surface area contributed by atoms with Crippen LogP contribution >= 0.6 is 11.3 Å². The zero-order chi connectivity index (χ0) is 20.5. The molecule has 1 heterocycles. The smallest absolute Gasteiger partial charge is 0.339 e. The van der Waals surface area contributed by atoms with Gasteiger partial charge in [0.05, 0.1) is 24.8 Å². The summed E-state index contributed by atoms with van der Waals surface area (Å²) in [6.07, 6.45) is 0.887. The van der Waals surface area contributed by atoms with Gasteiger partial charge in [0, 0.05) is 0 Å². The van der Waals surface area contributed by atoms with E-state index in [0.29, 0.717) is 28.7 Å². The summed E-state index contributed by atoms with van der Waals surface area (Å²) in [6.45, 7) is 4.09. The lowest BCUT2D eigenvalue weighted by Crippen LogP contribution is -2.29. The summed E-state index contributed by atoms with van der Waals surface area (Å²) < 4.78 is 16.1. The van der Waals surface area contributed by atoms with Crippen LogP contribution in [-0.4, -0.2) is 31.7 Å². The Balaban J connectivity index is 2.01. The van der Waals surface area contributed by atoms with Gasteiger partial charge >= 0.3 is 5.97 Å². The molecule has 0 spiro atoms. The van der Waals surface area contributed by atoms with E-state index in [4.69, 9.17) is 19.5 Å². The zero-order valence-corrected chi connectivity index (χ0v) is 16.8. The standard InChI is InChI=1S/C20H22N2O5S/c1-4-5-9-26-16-7-6-14(11-17(16)25-3)20(24)27-13(2)18(23)22-19-15(12-21)8-10-28-19/h6-8,10-11,13H,4-5,9H2,1-3H3,(H,22,23). The molecule has 1 aromatic heterocycles. The summed E-state index contributed by atoms with van der Waals surface area (Å²) in [5.41, 5.74) is 0.605. The molecule has 2 aromatic rings. The summed E-state index contributed by atoms with van der Waals surface area (Å²) in [5, 5.41) is 13.7. The fraction of sp³-hybridized carbons (Fsp3) is 0.350. The highest BCUT2D eigenvalue weighted by atomic mass is 32.1. The Bertz CT molecular complexity index is 872. The van der Waals surface area contributed by atoms with E-state index in [1.807, 2.05) is 6.07 Å². The average Bonchev–Trinajstić information content (AvgIpc) is 3.15. The predicted octanol–water partition coefficient (Wildman–Crippen LogP) is 3.99. The molecule has 0 aliphatic rings. The number of unbranched alkanes of at least 4 members (excludes halogenated alkanes) is 1. The Kier molecular flexibility index (Phi) is 7.84. The number of methoxy groups -OCH3 is 1. The van der Waals surface area contributed by atoms with Gasteiger partial charge in [0.15, 0.2) is 17.6 Å². The van der Waals surface area contributed by atoms with E-state index in [9.17, 15) is 9.59 Å². The van der Waals surface area contributed by atoms with Gasteiger partial charge in [-0.15, -0.1) is 11.3 Å². The molecule has 1 aromatic carbocycles. The van der Waals surface area contributed by atoms with Crippen LogP contribution in [0.2, 0.25) is 0 Å². The fourth-order valence-electron chi connectivity index (χ4n) is 2.23. The van der Waals surface area contributed by atoms with Crippen LogP contribution < -0.4 is 14.8 Å². The summed E-state index contributed by atoms with van der Waals surface area (Å²) in [4.78, 5) is 24.6. The van der Waals surface area contributed by atoms with Crippen molar-refractivity contribution in [2.75, 3.05) is 19.0 Å². The number of nitrogens with zero attached hydrogens (tertiary/aromatic N) is 1. The number of hydrogen-bond acceptors (Lipinski definition) is 7. The van der Waals surface area contributed by atoms with Crippen LogP contribution in [0.15, 0.2) is 29.6 Å². The van der Waals surface area contributed by atoms with Crippen molar-refractivity contribution in [1.82, 2.24) is 0 Å². The number of carbonyl (C=O) groups excluding carboxylic acids is 2. The number of benzene rings is 1. The first kappa shape index (κ1) is 21.3. The van der Waals surface area contributed by atoms with Gasteiger partial charge in [-0.2, -0.15) is 5.26 Å². The minimum atomic E-state index is -1.03. The third-order valence-electron chi connectivity index (χ3n) is 3.83. The molecule has 148 valence electrons. The Morgan fingerprint density at radius 3 is 2.75 bits per heavy atom. The highest BCUT2D eigenvalue weighted by Gasteiger charge is 2.21. The molecule has 28 heavy (non-hydrogen) atoms. The number of anilines is 1. The molecule has 0 fully saturated rings. The summed E-state index contributed by atoms with van der Waals surface area (Å²) in [7, 11) is 1.49. The highest BCUT2D eigenvalue weighted by Crippen LogP contribution is 2.29. The quantitative estimate of drug-likeness (QED) is 0.503. The largest absolute Gasteiger partial charge is 0.493 e. The third-order valence-corrected chi connectivity index (χ3v) is 4.66. The van der Waals surface area contributed by atoms with Gasteiger partial charge in [-0.1, -0.05) is 13.3 Å². The maximum absolute atomic E-state index is 12.4. The highest BCUT2D eigenvalue weighted by molar-refractivity contribution is 7.14. The number of amides is 1. The lowest BCUT2D eigenvalue weighted by Gasteiger charge is -2.14. The van der Waals surface area contributed by atoms with Crippen LogP contribution in [0.5, 0.6) is 11.5 Å². The van der Waals surface area contributed by atoms with Gasteiger partial charge < -0.3 is 19.5 Å². The van der Waals surface area contributed by atoms with Gasteiger partial charge in [-0.05, 0) is 43.0 Å². The van der Waals surface area contributed by atoms with Crippen LogP contribution in [0.4, 0.5) is 5.00 Å². The average molecular weight is 402 g/mol. The normalized spacial score (nSPS) is 11.2. The minimum Gasteiger partial charge on any atom is -0.493 e. The fourth-order valence-corrected chi connectivity index (χ4v) is 2.97. The summed E-state index contributed by atoms with van der Waals surface area (Å²) in [5.74, 6) is -0.216. The number of nitrogens with one attached hydrogen (secondary N) is 1. The number of rotatable bonds is 9. The molecule has 0 bridgehead atoms. The molecule has 2 rings (SSSR count). The van der Waals surface area contributed by atoms with Crippen molar-refractivity contribution < 1.29 is 23.8 Å². The van der Waals surface area contributed by atoms with Crippen molar-refractivity contribution in [2.45, 2.75) is 32.8 Å². The molecule has 1 unspecified atom stereocenters. The van der Waals surface area contributed by atoms with E-state index in [1.54, 1.807) is 23.6 Å². The molecule has 0 radical (unpaired) electrons. The molecule has 0 aliphatic heterocycles. The lowest BCUT2D eigenvalue weighted by atomic mass is 10.2. The van der Waals surface area contributed by atoms with Gasteiger partial charge in [0.1, 0.15) is 11.1 Å². The molecule has 1 amide bonds. The molecule has 1 atom stereocenters. The Hall–Kier alpha value is -3.05. The first-order chi connectivity index (χ1) is 13.5. The second-order valence-electron chi connectivity index (χ2n) is 5.88. The van der Waals surface area contributed by atoms with Crippen molar-refractivity contribution in [2.24, 2.45) is 0 Å². The van der Waals surface area contributed by atoms with E-state index < -0.39 is 18.0 Å². The van der Waals surface area contributed by atoms with Crippen LogP contribution in [0.1, 0.15) is 42.6 Å². The lowest BCUT2D eigenvalue weighted by molar-refractivity contribution is -0.123. The second-order valence-corrected chi connectivity index (χ2v) is 6.80. The van der Waals surface area contributed by atoms with Gasteiger partial charge in [0.2, 0.25) is 0 Å². The molecule has 1 N–H and O–H groups in total. The van der Waals surface area contributed by atoms with Gasteiger partial charge in [0.25, 0.3) is 5.91 Å². The number of thiophene rings is 1. The topological polar surface area (TPSA) is 97.6 Å². The van der Waals surface area contributed by atoms with Crippen LogP contribution in [0.3, 0.4) is 0 Å². The van der Waals surface area contributed by atoms with Crippen molar-refractivity contribution in [1.29, 1.82) is 5.26 Å². The zero-order valence-electron chi connectivity index (χ0n) is 16.0. The van der Waals surface area contributed by atoms with E-state index in [-0.39, 0.29) is 5.56 Å². The first-order valence-corrected chi connectivity index (χ1v) is 9.68.